The quantitative estimate of drug-likeness (QED) is 0.469. The molecule has 0 aliphatic heterocycles. The van der Waals surface area contributed by atoms with Crippen LogP contribution >= 0.6 is 11.6 Å². The Morgan fingerprint density at radius 3 is 2.60 bits per heavy atom. The molecule has 1 aromatic heterocycles. The molecular weight excluding hydrogens is 430 g/mol. The molecule has 30 heavy (non-hydrogen) atoms. The minimum atomic E-state index is -3.27. The summed E-state index contributed by atoms with van der Waals surface area (Å²) in [7, 11) is -3.27. The van der Waals surface area contributed by atoms with Crippen molar-refractivity contribution in [3.8, 4) is 11.4 Å². The minimum absolute atomic E-state index is 0.228. The molecule has 3 rings (SSSR count). The first-order valence-electron chi connectivity index (χ1n) is 9.21. The van der Waals surface area contributed by atoms with Crippen molar-refractivity contribution in [2.24, 2.45) is 0 Å². The number of tetrazole rings is 1. The number of rotatable bonds is 10. The van der Waals surface area contributed by atoms with Crippen molar-refractivity contribution in [3.05, 3.63) is 53.3 Å². The highest BCUT2D eigenvalue weighted by atomic mass is 35.5. The fourth-order valence-corrected chi connectivity index (χ4v) is 3.53. The Morgan fingerprint density at radius 1 is 1.13 bits per heavy atom. The number of nitrogens with zero attached hydrogens (tertiary/aromatic N) is 4. The van der Waals surface area contributed by atoms with Gasteiger partial charge in [0.2, 0.25) is 0 Å². The van der Waals surface area contributed by atoms with Crippen molar-refractivity contribution in [1.29, 1.82) is 0 Å². The zero-order valence-electron chi connectivity index (χ0n) is 16.6. The van der Waals surface area contributed by atoms with E-state index < -0.39 is 9.84 Å². The van der Waals surface area contributed by atoms with Crippen LogP contribution in [0.1, 0.15) is 12.7 Å². The first kappa shape index (κ1) is 22.0. The minimum Gasteiger partial charge on any atom is -0.487 e. The molecule has 0 saturated heterocycles. The largest absolute Gasteiger partial charge is 0.487 e. The van der Waals surface area contributed by atoms with E-state index >= 15 is 0 Å². The Kier molecular flexibility index (Phi) is 7.24. The summed E-state index contributed by atoms with van der Waals surface area (Å²) in [5, 5.41) is 15.5. The summed E-state index contributed by atoms with van der Waals surface area (Å²) >= 11 is 6.28. The van der Waals surface area contributed by atoms with E-state index in [4.69, 9.17) is 21.1 Å². The molecule has 0 spiro atoms. The molecule has 1 heterocycles. The van der Waals surface area contributed by atoms with Crippen LogP contribution in [0, 0.1) is 0 Å². The Bertz CT molecular complexity index is 1090. The van der Waals surface area contributed by atoms with E-state index in [1.807, 2.05) is 19.1 Å². The molecule has 3 aromatic rings. The number of sulfone groups is 1. The van der Waals surface area contributed by atoms with Gasteiger partial charge in [-0.15, -0.1) is 5.10 Å². The van der Waals surface area contributed by atoms with E-state index in [1.165, 1.54) is 16.8 Å². The van der Waals surface area contributed by atoms with Gasteiger partial charge in [0.15, 0.2) is 21.4 Å². The average molecular weight is 452 g/mol. The predicted molar refractivity (Wildman–Crippen MR) is 113 cm³/mol. The third-order valence-corrected chi connectivity index (χ3v) is 5.55. The van der Waals surface area contributed by atoms with Gasteiger partial charge in [-0.1, -0.05) is 17.7 Å². The van der Waals surface area contributed by atoms with Gasteiger partial charge in [-0.2, -0.15) is 4.68 Å². The standard InChI is InChI=1S/C19H22ClN5O4S/c1-3-28-11-12-29-19-16(20)5-4-6-17(19)21-13-18-22-23-24-25(18)14-7-9-15(10-8-14)30(2,26)27/h4-10,21H,3,11-13H2,1-2H3. The van der Waals surface area contributed by atoms with Crippen LogP contribution in [0.3, 0.4) is 0 Å². The van der Waals surface area contributed by atoms with Gasteiger partial charge in [0.25, 0.3) is 0 Å². The summed E-state index contributed by atoms with van der Waals surface area (Å²) in [6.45, 7) is 3.66. The van der Waals surface area contributed by atoms with Crippen molar-refractivity contribution in [2.75, 3.05) is 31.4 Å². The third-order valence-electron chi connectivity index (χ3n) is 4.13. The van der Waals surface area contributed by atoms with Crippen molar-refractivity contribution >= 4 is 27.1 Å². The molecule has 9 nitrogen and oxygen atoms in total. The summed E-state index contributed by atoms with van der Waals surface area (Å²) in [5.41, 5.74) is 1.34. The average Bonchev–Trinajstić information content (AvgIpc) is 3.19. The van der Waals surface area contributed by atoms with Gasteiger partial charge in [0, 0.05) is 12.9 Å². The highest BCUT2D eigenvalue weighted by molar-refractivity contribution is 7.90. The number of nitrogens with one attached hydrogen (secondary N) is 1. The molecule has 160 valence electrons. The molecule has 0 bridgehead atoms. The predicted octanol–water partition coefficient (Wildman–Crippen LogP) is 2.75. The van der Waals surface area contributed by atoms with E-state index in [9.17, 15) is 8.42 Å². The van der Waals surface area contributed by atoms with Crippen molar-refractivity contribution in [2.45, 2.75) is 18.4 Å². The SMILES string of the molecule is CCOCCOc1c(Cl)cccc1NCc1nnnn1-c1ccc(S(C)(=O)=O)cc1. The van der Waals surface area contributed by atoms with Gasteiger partial charge in [0.1, 0.15) is 6.61 Å². The molecule has 2 aromatic carbocycles. The molecular formula is C19H22ClN5O4S. The van der Waals surface area contributed by atoms with Crippen LogP contribution in [0.15, 0.2) is 47.4 Å². The molecule has 0 radical (unpaired) electrons. The van der Waals surface area contributed by atoms with Crippen LogP contribution < -0.4 is 10.1 Å². The lowest BCUT2D eigenvalue weighted by atomic mass is 10.3. The van der Waals surface area contributed by atoms with Gasteiger partial charge in [-0.25, -0.2) is 8.42 Å². The number of anilines is 1. The highest BCUT2D eigenvalue weighted by Crippen LogP contribution is 2.33. The third kappa shape index (κ3) is 5.47. The van der Waals surface area contributed by atoms with Gasteiger partial charge in [-0.05, 0) is 53.7 Å². The lowest BCUT2D eigenvalue weighted by Gasteiger charge is -2.14. The van der Waals surface area contributed by atoms with Gasteiger partial charge >= 0.3 is 0 Å². The fraction of sp³-hybridized carbons (Fsp3) is 0.316. The molecule has 0 saturated carbocycles. The second-order valence-electron chi connectivity index (χ2n) is 6.29. The summed E-state index contributed by atoms with van der Waals surface area (Å²) in [6, 6.07) is 11.7. The molecule has 0 unspecified atom stereocenters. The second kappa shape index (κ2) is 9.88. The Labute approximate surface area is 179 Å². The van der Waals surface area contributed by atoms with Gasteiger partial charge < -0.3 is 14.8 Å². The van der Waals surface area contributed by atoms with Crippen LogP contribution in [0.2, 0.25) is 5.02 Å². The van der Waals surface area contributed by atoms with Crippen LogP contribution in [0.4, 0.5) is 5.69 Å². The van der Waals surface area contributed by atoms with E-state index in [2.05, 4.69) is 20.8 Å². The van der Waals surface area contributed by atoms with E-state index in [0.29, 0.717) is 54.3 Å². The molecule has 0 aliphatic rings. The maximum Gasteiger partial charge on any atom is 0.175 e. The molecule has 0 atom stereocenters. The van der Waals surface area contributed by atoms with Crippen LogP contribution in [0.5, 0.6) is 5.75 Å². The number of para-hydroxylation sites is 1. The lowest BCUT2D eigenvalue weighted by molar-refractivity contribution is 0.110. The van der Waals surface area contributed by atoms with Gasteiger partial charge in [0.05, 0.1) is 34.4 Å². The molecule has 0 amide bonds. The second-order valence-corrected chi connectivity index (χ2v) is 8.71. The first-order chi connectivity index (χ1) is 14.4. The van der Waals surface area contributed by atoms with Crippen LogP contribution in [0.25, 0.3) is 5.69 Å². The number of hydrogen-bond donors (Lipinski definition) is 1. The van der Waals surface area contributed by atoms with E-state index in [0.717, 1.165) is 6.26 Å². The smallest absolute Gasteiger partial charge is 0.175 e. The Morgan fingerprint density at radius 2 is 1.90 bits per heavy atom. The topological polar surface area (TPSA) is 108 Å². The zero-order valence-corrected chi connectivity index (χ0v) is 18.2. The summed E-state index contributed by atoms with van der Waals surface area (Å²) in [6.07, 6.45) is 1.16. The molecule has 0 fully saturated rings. The van der Waals surface area contributed by atoms with Crippen molar-refractivity contribution < 1.29 is 17.9 Å². The zero-order chi connectivity index (χ0) is 21.6. The van der Waals surface area contributed by atoms with Crippen molar-refractivity contribution in [3.63, 3.8) is 0 Å². The monoisotopic (exact) mass is 451 g/mol. The number of benzene rings is 2. The van der Waals surface area contributed by atoms with Gasteiger partial charge in [-0.3, -0.25) is 0 Å². The molecule has 11 heteroatoms. The fourth-order valence-electron chi connectivity index (χ4n) is 2.67. The van der Waals surface area contributed by atoms with Crippen molar-refractivity contribution in [1.82, 2.24) is 20.2 Å². The summed E-state index contributed by atoms with van der Waals surface area (Å²) in [4.78, 5) is 0.228. The number of hydrogen-bond acceptors (Lipinski definition) is 8. The maximum atomic E-state index is 11.6. The lowest BCUT2D eigenvalue weighted by Crippen LogP contribution is -2.11. The van der Waals surface area contributed by atoms with E-state index in [-0.39, 0.29) is 4.90 Å². The molecule has 0 aliphatic carbocycles. The number of aromatic nitrogens is 4. The normalized spacial score (nSPS) is 11.4. The first-order valence-corrected chi connectivity index (χ1v) is 11.5. The Hall–Kier alpha value is -2.69. The van der Waals surface area contributed by atoms with Crippen LogP contribution in [-0.4, -0.2) is 54.7 Å². The number of halogens is 1. The maximum absolute atomic E-state index is 11.6. The van der Waals surface area contributed by atoms with Crippen LogP contribution in [-0.2, 0) is 21.1 Å². The summed E-state index contributed by atoms with van der Waals surface area (Å²) in [5.74, 6) is 1.05. The summed E-state index contributed by atoms with van der Waals surface area (Å²) < 4.78 is 35.9. The van der Waals surface area contributed by atoms with E-state index in [1.54, 1.807) is 18.2 Å². The molecule has 1 N–H and O–H groups in total. The number of ether oxygens (including phenoxy) is 2. The highest BCUT2D eigenvalue weighted by Gasteiger charge is 2.13. The Balaban J connectivity index is 1.74.